The minimum atomic E-state index is -0.217. The molecule has 0 atom stereocenters. The van der Waals surface area contributed by atoms with Crippen molar-refractivity contribution in [2.75, 3.05) is 13.2 Å². The van der Waals surface area contributed by atoms with Gasteiger partial charge < -0.3 is 10.1 Å². The molecule has 1 aliphatic carbocycles. The Morgan fingerprint density at radius 3 is 2.65 bits per heavy atom. The van der Waals surface area contributed by atoms with E-state index >= 15 is 0 Å². The molecule has 0 unspecified atom stereocenters. The first kappa shape index (κ1) is 14.0. The van der Waals surface area contributed by atoms with Crippen LogP contribution in [0.15, 0.2) is 0 Å². The number of rotatable bonds is 7. The van der Waals surface area contributed by atoms with E-state index < -0.39 is 0 Å². The number of hydrogen-bond acceptors (Lipinski definition) is 3. The molecule has 1 amide bonds. The normalized spacial score (nSPS) is 15.8. The van der Waals surface area contributed by atoms with Gasteiger partial charge in [0, 0.05) is 12.5 Å². The fraction of sp³-hybridized carbons (Fsp3) is 0.846. The lowest BCUT2D eigenvalue weighted by molar-refractivity contribution is -0.143. The lowest BCUT2D eigenvalue weighted by Crippen LogP contribution is -2.31. The molecule has 1 aliphatic rings. The van der Waals surface area contributed by atoms with Crippen LogP contribution in [-0.4, -0.2) is 25.0 Å². The van der Waals surface area contributed by atoms with Gasteiger partial charge in [0.2, 0.25) is 5.91 Å². The van der Waals surface area contributed by atoms with Crippen LogP contribution in [0.25, 0.3) is 0 Å². The Bertz CT molecular complexity index is 247. The van der Waals surface area contributed by atoms with Crippen LogP contribution >= 0.6 is 0 Å². The average molecular weight is 241 g/mol. The minimum Gasteiger partial charge on any atom is -0.466 e. The van der Waals surface area contributed by atoms with Crippen LogP contribution < -0.4 is 5.32 Å². The third-order valence-corrected chi connectivity index (χ3v) is 3.12. The maximum Gasteiger partial charge on any atom is 0.307 e. The first-order chi connectivity index (χ1) is 8.24. The summed E-state index contributed by atoms with van der Waals surface area (Å²) in [6, 6.07) is 0. The number of carbonyl (C=O) groups is 2. The van der Waals surface area contributed by atoms with E-state index in [1.165, 1.54) is 0 Å². The number of nitrogens with one attached hydrogen (secondary N) is 1. The van der Waals surface area contributed by atoms with E-state index in [9.17, 15) is 9.59 Å². The van der Waals surface area contributed by atoms with Crippen molar-refractivity contribution in [1.82, 2.24) is 5.32 Å². The Balaban J connectivity index is 2.02. The van der Waals surface area contributed by atoms with Gasteiger partial charge in [-0.05, 0) is 19.3 Å². The molecule has 17 heavy (non-hydrogen) atoms. The molecule has 0 spiro atoms. The van der Waals surface area contributed by atoms with Gasteiger partial charge in [0.15, 0.2) is 0 Å². The fourth-order valence-corrected chi connectivity index (χ4v) is 2.02. The van der Waals surface area contributed by atoms with E-state index in [4.69, 9.17) is 4.74 Å². The fourth-order valence-electron chi connectivity index (χ4n) is 2.02. The van der Waals surface area contributed by atoms with Crippen molar-refractivity contribution in [2.24, 2.45) is 5.92 Å². The molecule has 98 valence electrons. The summed E-state index contributed by atoms with van der Waals surface area (Å²) >= 11 is 0. The second-order valence-corrected chi connectivity index (χ2v) is 4.60. The van der Waals surface area contributed by atoms with Crippen molar-refractivity contribution < 1.29 is 14.3 Å². The van der Waals surface area contributed by atoms with E-state index in [2.05, 4.69) is 12.2 Å². The number of carbonyl (C=O) groups excluding carboxylic acids is 2. The predicted molar refractivity (Wildman–Crippen MR) is 65.5 cm³/mol. The lowest BCUT2D eigenvalue weighted by Gasteiger charge is -2.09. The van der Waals surface area contributed by atoms with E-state index in [1.54, 1.807) is 0 Å². The van der Waals surface area contributed by atoms with Gasteiger partial charge in [-0.25, -0.2) is 0 Å². The summed E-state index contributed by atoms with van der Waals surface area (Å²) in [5.74, 6) is 0.0557. The summed E-state index contributed by atoms with van der Waals surface area (Å²) in [7, 11) is 0. The second kappa shape index (κ2) is 8.09. The average Bonchev–Trinajstić information content (AvgIpc) is 2.82. The molecule has 0 aromatic carbocycles. The zero-order valence-electron chi connectivity index (χ0n) is 10.7. The van der Waals surface area contributed by atoms with E-state index in [-0.39, 0.29) is 24.2 Å². The summed E-state index contributed by atoms with van der Waals surface area (Å²) in [5, 5.41) is 2.81. The van der Waals surface area contributed by atoms with Crippen LogP contribution in [0, 0.1) is 5.92 Å². The second-order valence-electron chi connectivity index (χ2n) is 4.60. The van der Waals surface area contributed by atoms with Crippen LogP contribution in [0.2, 0.25) is 0 Å². The van der Waals surface area contributed by atoms with Crippen molar-refractivity contribution in [2.45, 2.75) is 51.9 Å². The summed E-state index contributed by atoms with van der Waals surface area (Å²) in [6.07, 6.45) is 6.49. The molecule has 4 nitrogen and oxygen atoms in total. The molecule has 0 heterocycles. The highest BCUT2D eigenvalue weighted by Gasteiger charge is 2.22. The zero-order chi connectivity index (χ0) is 12.5. The van der Waals surface area contributed by atoms with E-state index in [0.717, 1.165) is 38.5 Å². The van der Waals surface area contributed by atoms with Crippen LogP contribution in [0.5, 0.6) is 0 Å². The summed E-state index contributed by atoms with van der Waals surface area (Å²) in [4.78, 5) is 22.9. The molecule has 1 saturated carbocycles. The molecule has 4 heteroatoms. The van der Waals surface area contributed by atoms with Crippen LogP contribution in [0.3, 0.4) is 0 Å². The highest BCUT2D eigenvalue weighted by atomic mass is 16.5. The van der Waals surface area contributed by atoms with Crippen LogP contribution in [-0.2, 0) is 14.3 Å². The van der Waals surface area contributed by atoms with Gasteiger partial charge in [0.05, 0.1) is 13.0 Å². The SMILES string of the molecule is CCCCOC(=O)CCNC(=O)C1CCCC1. The molecule has 0 aromatic rings. The minimum absolute atomic E-state index is 0.101. The topological polar surface area (TPSA) is 55.4 Å². The molecule has 1 fully saturated rings. The molecule has 0 radical (unpaired) electrons. The Hall–Kier alpha value is -1.06. The van der Waals surface area contributed by atoms with Gasteiger partial charge in [-0.1, -0.05) is 26.2 Å². The Kier molecular flexibility index (Phi) is 6.67. The number of hydrogen-bond donors (Lipinski definition) is 1. The first-order valence-corrected chi connectivity index (χ1v) is 6.67. The van der Waals surface area contributed by atoms with Crippen molar-refractivity contribution in [3.05, 3.63) is 0 Å². The number of amides is 1. The van der Waals surface area contributed by atoms with E-state index in [1.807, 2.05) is 0 Å². The number of esters is 1. The lowest BCUT2D eigenvalue weighted by atomic mass is 10.1. The van der Waals surface area contributed by atoms with Crippen molar-refractivity contribution >= 4 is 11.9 Å². The predicted octanol–water partition coefficient (Wildman–Crippen LogP) is 2.03. The van der Waals surface area contributed by atoms with Crippen molar-refractivity contribution in [3.8, 4) is 0 Å². The van der Waals surface area contributed by atoms with Crippen molar-refractivity contribution in [1.29, 1.82) is 0 Å². The van der Waals surface area contributed by atoms with Gasteiger partial charge in [-0.3, -0.25) is 9.59 Å². The molecular formula is C13H23NO3. The van der Waals surface area contributed by atoms with E-state index in [0.29, 0.717) is 13.2 Å². The standard InChI is InChI=1S/C13H23NO3/c1-2-3-10-17-12(15)8-9-14-13(16)11-6-4-5-7-11/h11H,2-10H2,1H3,(H,14,16). The quantitative estimate of drug-likeness (QED) is 0.548. The molecule has 0 aliphatic heterocycles. The monoisotopic (exact) mass is 241 g/mol. The highest BCUT2D eigenvalue weighted by Crippen LogP contribution is 2.24. The number of unbranched alkanes of at least 4 members (excludes halogenated alkanes) is 1. The molecule has 1 N–H and O–H groups in total. The molecule has 0 aromatic heterocycles. The first-order valence-electron chi connectivity index (χ1n) is 6.67. The van der Waals surface area contributed by atoms with Crippen LogP contribution in [0.1, 0.15) is 51.9 Å². The molecule has 0 saturated heterocycles. The van der Waals surface area contributed by atoms with Gasteiger partial charge in [-0.15, -0.1) is 0 Å². The Morgan fingerprint density at radius 2 is 2.00 bits per heavy atom. The zero-order valence-corrected chi connectivity index (χ0v) is 10.7. The Labute approximate surface area is 103 Å². The third kappa shape index (κ3) is 5.71. The van der Waals surface area contributed by atoms with Crippen molar-refractivity contribution in [3.63, 3.8) is 0 Å². The summed E-state index contributed by atoms with van der Waals surface area (Å²) in [5.41, 5.74) is 0. The maximum atomic E-state index is 11.6. The maximum absolute atomic E-state index is 11.6. The van der Waals surface area contributed by atoms with Gasteiger partial charge in [0.25, 0.3) is 0 Å². The van der Waals surface area contributed by atoms with Gasteiger partial charge in [-0.2, -0.15) is 0 Å². The highest BCUT2D eigenvalue weighted by molar-refractivity contribution is 5.79. The van der Waals surface area contributed by atoms with Gasteiger partial charge >= 0.3 is 5.97 Å². The van der Waals surface area contributed by atoms with Crippen LogP contribution in [0.4, 0.5) is 0 Å². The number of ether oxygens (including phenoxy) is 1. The van der Waals surface area contributed by atoms with Gasteiger partial charge in [0.1, 0.15) is 0 Å². The smallest absolute Gasteiger partial charge is 0.307 e. The molecule has 0 bridgehead atoms. The third-order valence-electron chi connectivity index (χ3n) is 3.12. The largest absolute Gasteiger partial charge is 0.466 e. The Morgan fingerprint density at radius 1 is 1.29 bits per heavy atom. The summed E-state index contributed by atoms with van der Waals surface area (Å²) in [6.45, 7) is 2.95. The summed E-state index contributed by atoms with van der Waals surface area (Å²) < 4.78 is 5.00. The molecular weight excluding hydrogens is 218 g/mol. The molecule has 1 rings (SSSR count).